The maximum absolute atomic E-state index is 12.8. The molecule has 1 aromatic heterocycles. The Kier molecular flexibility index (Phi) is 8.97. The Morgan fingerprint density at radius 3 is 2.56 bits per heavy atom. The molecule has 1 atom stereocenters. The van der Waals surface area contributed by atoms with E-state index in [1.807, 2.05) is 39.0 Å². The summed E-state index contributed by atoms with van der Waals surface area (Å²) in [5.74, 6) is 5.62. The molecule has 3 rings (SSSR count). The number of ether oxygens (including phenoxy) is 1. The van der Waals surface area contributed by atoms with Crippen LogP contribution in [-0.4, -0.2) is 39.2 Å². The molecule has 0 saturated carbocycles. The number of carbonyl (C=O) groups is 3. The fraction of sp³-hybridized carbons (Fsp3) is 0.556. The first-order chi connectivity index (χ1) is 17.1. The lowest BCUT2D eigenvalue weighted by Crippen LogP contribution is -2.44. The van der Waals surface area contributed by atoms with Gasteiger partial charge in [-0.3, -0.25) is 24.0 Å². The number of nitrogens with zero attached hydrogens (tertiary/aromatic N) is 2. The van der Waals surface area contributed by atoms with Gasteiger partial charge in [0.1, 0.15) is 11.6 Å². The van der Waals surface area contributed by atoms with Crippen LogP contribution in [0.15, 0.2) is 23.0 Å². The molecule has 2 N–H and O–H groups in total. The van der Waals surface area contributed by atoms with Gasteiger partial charge in [0.25, 0.3) is 0 Å². The van der Waals surface area contributed by atoms with Gasteiger partial charge < -0.3 is 10.1 Å². The molecule has 0 aliphatic carbocycles. The van der Waals surface area contributed by atoms with Crippen LogP contribution in [0.5, 0.6) is 0 Å². The molecule has 1 fully saturated rings. The van der Waals surface area contributed by atoms with Crippen LogP contribution in [0.2, 0.25) is 0 Å². The zero-order valence-electron chi connectivity index (χ0n) is 21.6. The van der Waals surface area contributed by atoms with E-state index in [2.05, 4.69) is 22.5 Å². The monoisotopic (exact) mass is 496 g/mol. The Labute approximate surface area is 211 Å². The van der Waals surface area contributed by atoms with E-state index in [9.17, 15) is 19.2 Å². The standard InChI is InChI=1S/C27H36N4O5/c1-27(2,3)36-25(34)28-17-11-9-7-5-6-8-10-12-19-13-14-20-22(18-19)30(4)26(35)31(20)21-15-16-23(32)29-24(21)33/h13-14,18,21H,5-9,11,15-17H2,1-4H3,(H,28,34)(H,29,32,33). The summed E-state index contributed by atoms with van der Waals surface area (Å²) in [6.45, 7) is 6.15. The van der Waals surface area contributed by atoms with Gasteiger partial charge in [-0.05, 0) is 58.2 Å². The smallest absolute Gasteiger partial charge is 0.407 e. The lowest BCUT2D eigenvalue weighted by Gasteiger charge is -2.21. The van der Waals surface area contributed by atoms with Crippen LogP contribution in [0.25, 0.3) is 11.0 Å². The second-order valence-corrected chi connectivity index (χ2v) is 10.1. The summed E-state index contributed by atoms with van der Waals surface area (Å²) < 4.78 is 8.19. The first kappa shape index (κ1) is 27.1. The summed E-state index contributed by atoms with van der Waals surface area (Å²) in [7, 11) is 1.67. The summed E-state index contributed by atoms with van der Waals surface area (Å²) in [6.07, 6.45) is 6.05. The molecule has 0 spiro atoms. The molecule has 3 amide bonds. The summed E-state index contributed by atoms with van der Waals surface area (Å²) in [5.41, 5.74) is 1.41. The van der Waals surface area contributed by atoms with Crippen molar-refractivity contribution in [2.45, 2.75) is 83.8 Å². The minimum Gasteiger partial charge on any atom is -0.444 e. The number of amides is 3. The summed E-state index contributed by atoms with van der Waals surface area (Å²) in [4.78, 5) is 48.2. The molecule has 1 aromatic carbocycles. The largest absolute Gasteiger partial charge is 0.444 e. The van der Waals surface area contributed by atoms with E-state index in [1.54, 1.807) is 7.05 Å². The number of nitrogens with one attached hydrogen (secondary N) is 2. The van der Waals surface area contributed by atoms with Gasteiger partial charge in [-0.1, -0.05) is 31.1 Å². The van der Waals surface area contributed by atoms with Crippen molar-refractivity contribution in [1.82, 2.24) is 19.8 Å². The van der Waals surface area contributed by atoms with E-state index in [4.69, 9.17) is 4.74 Å². The van der Waals surface area contributed by atoms with Gasteiger partial charge in [0.15, 0.2) is 0 Å². The van der Waals surface area contributed by atoms with Gasteiger partial charge in [0.05, 0.1) is 11.0 Å². The van der Waals surface area contributed by atoms with Crippen LogP contribution in [0, 0.1) is 11.8 Å². The molecule has 0 radical (unpaired) electrons. The Balaban J connectivity index is 1.45. The minimum absolute atomic E-state index is 0.214. The van der Waals surface area contributed by atoms with Crippen molar-refractivity contribution in [2.24, 2.45) is 7.05 Å². The first-order valence-corrected chi connectivity index (χ1v) is 12.6. The molecule has 1 unspecified atom stereocenters. The van der Waals surface area contributed by atoms with E-state index < -0.39 is 17.6 Å². The average Bonchev–Trinajstić information content (AvgIpc) is 3.04. The maximum Gasteiger partial charge on any atom is 0.407 e. The van der Waals surface area contributed by atoms with Crippen LogP contribution >= 0.6 is 0 Å². The normalized spacial score (nSPS) is 15.8. The van der Waals surface area contributed by atoms with Crippen molar-refractivity contribution < 1.29 is 19.1 Å². The van der Waals surface area contributed by atoms with Crippen molar-refractivity contribution in [3.63, 3.8) is 0 Å². The molecule has 0 bridgehead atoms. The molecule has 1 aliphatic rings. The van der Waals surface area contributed by atoms with Crippen LogP contribution < -0.4 is 16.3 Å². The maximum atomic E-state index is 12.8. The SMILES string of the molecule is Cn1c(=O)n(C2CCC(=O)NC2=O)c2ccc(C#CCCCCCCCNC(=O)OC(C)(C)C)cc21. The molecule has 36 heavy (non-hydrogen) atoms. The highest BCUT2D eigenvalue weighted by Gasteiger charge is 2.31. The Bertz CT molecular complexity index is 1240. The number of imide groups is 1. The van der Waals surface area contributed by atoms with Crippen molar-refractivity contribution in [1.29, 1.82) is 0 Å². The van der Waals surface area contributed by atoms with Crippen LogP contribution in [-0.2, 0) is 21.4 Å². The second-order valence-electron chi connectivity index (χ2n) is 10.1. The number of piperidine rings is 1. The highest BCUT2D eigenvalue weighted by atomic mass is 16.6. The molecular weight excluding hydrogens is 460 g/mol. The molecular formula is C27H36N4O5. The fourth-order valence-electron chi connectivity index (χ4n) is 4.21. The Morgan fingerprint density at radius 2 is 1.83 bits per heavy atom. The minimum atomic E-state index is -0.691. The van der Waals surface area contributed by atoms with Gasteiger partial charge in [-0.2, -0.15) is 0 Å². The highest BCUT2D eigenvalue weighted by Crippen LogP contribution is 2.23. The van der Waals surface area contributed by atoms with Crippen molar-refractivity contribution >= 4 is 28.9 Å². The van der Waals surface area contributed by atoms with Gasteiger partial charge in [0.2, 0.25) is 11.8 Å². The summed E-state index contributed by atoms with van der Waals surface area (Å²) in [6, 6.07) is 4.85. The number of alkyl carbamates (subject to hydrolysis) is 1. The quantitative estimate of drug-likeness (QED) is 0.330. The molecule has 9 heteroatoms. The number of carbonyl (C=O) groups excluding carboxylic acids is 3. The molecule has 9 nitrogen and oxygen atoms in total. The third-order valence-electron chi connectivity index (χ3n) is 5.99. The number of unbranched alkanes of at least 4 members (excludes halogenated alkanes) is 5. The van der Waals surface area contributed by atoms with E-state index in [-0.39, 0.29) is 24.1 Å². The van der Waals surface area contributed by atoms with Crippen LogP contribution in [0.1, 0.15) is 83.7 Å². The second kappa shape index (κ2) is 11.9. The molecule has 1 saturated heterocycles. The molecule has 2 heterocycles. The van der Waals surface area contributed by atoms with Crippen molar-refractivity contribution in [3.05, 3.63) is 34.2 Å². The number of aromatic nitrogens is 2. The number of imidazole rings is 1. The number of benzene rings is 1. The van der Waals surface area contributed by atoms with E-state index in [1.165, 1.54) is 9.13 Å². The third-order valence-corrected chi connectivity index (χ3v) is 5.99. The summed E-state index contributed by atoms with van der Waals surface area (Å²) in [5, 5.41) is 5.09. The van der Waals surface area contributed by atoms with E-state index in [0.29, 0.717) is 24.0 Å². The van der Waals surface area contributed by atoms with Gasteiger partial charge in [0, 0.05) is 32.0 Å². The number of hydrogen-bond donors (Lipinski definition) is 2. The molecule has 2 aromatic rings. The van der Waals surface area contributed by atoms with Crippen molar-refractivity contribution in [2.75, 3.05) is 6.54 Å². The summed E-state index contributed by atoms with van der Waals surface area (Å²) >= 11 is 0. The third kappa shape index (κ3) is 7.23. The number of rotatable bonds is 8. The van der Waals surface area contributed by atoms with Crippen LogP contribution in [0.4, 0.5) is 4.79 Å². The fourth-order valence-corrected chi connectivity index (χ4v) is 4.21. The lowest BCUT2D eigenvalue weighted by atomic mass is 10.1. The predicted octanol–water partition coefficient (Wildman–Crippen LogP) is 3.53. The van der Waals surface area contributed by atoms with Gasteiger partial charge >= 0.3 is 11.8 Å². The van der Waals surface area contributed by atoms with E-state index >= 15 is 0 Å². The number of aryl methyl sites for hydroxylation is 1. The highest BCUT2D eigenvalue weighted by molar-refractivity contribution is 6.00. The number of hydrogen-bond acceptors (Lipinski definition) is 5. The Hall–Kier alpha value is -3.54. The molecule has 194 valence electrons. The van der Waals surface area contributed by atoms with E-state index in [0.717, 1.165) is 44.1 Å². The van der Waals surface area contributed by atoms with Gasteiger partial charge in [-0.25, -0.2) is 9.59 Å². The lowest BCUT2D eigenvalue weighted by molar-refractivity contribution is -0.135. The van der Waals surface area contributed by atoms with Crippen molar-refractivity contribution in [3.8, 4) is 11.8 Å². The number of fused-ring (bicyclic) bond motifs is 1. The topological polar surface area (TPSA) is 111 Å². The van der Waals surface area contributed by atoms with Crippen LogP contribution in [0.3, 0.4) is 0 Å². The Morgan fingerprint density at radius 1 is 1.11 bits per heavy atom. The predicted molar refractivity (Wildman–Crippen MR) is 137 cm³/mol. The molecule has 1 aliphatic heterocycles. The van der Waals surface area contributed by atoms with Gasteiger partial charge in [-0.15, -0.1) is 0 Å². The average molecular weight is 497 g/mol. The zero-order valence-corrected chi connectivity index (χ0v) is 21.6. The first-order valence-electron chi connectivity index (χ1n) is 12.6. The zero-order chi connectivity index (χ0) is 26.3.